The number of ether oxygens (including phenoxy) is 1. The van der Waals surface area contributed by atoms with Crippen molar-refractivity contribution in [3.63, 3.8) is 0 Å². The molecule has 0 amide bonds. The standard InChI is InChI=1S/C16H10Cl2O2S/c1-20-14-7-12(17)10(6-13(14)18)16(19)11-8-21-15-5-3-2-4-9(11)15/h2-8H,1H3. The third kappa shape index (κ3) is 2.53. The molecular weight excluding hydrogens is 327 g/mol. The monoisotopic (exact) mass is 336 g/mol. The van der Waals surface area contributed by atoms with E-state index in [1.807, 2.05) is 29.6 Å². The summed E-state index contributed by atoms with van der Waals surface area (Å²) in [5, 5.41) is 3.47. The molecule has 0 aliphatic carbocycles. The molecule has 3 rings (SSSR count). The van der Waals surface area contributed by atoms with Gasteiger partial charge < -0.3 is 4.74 Å². The molecule has 0 aliphatic heterocycles. The summed E-state index contributed by atoms with van der Waals surface area (Å²) in [7, 11) is 1.51. The van der Waals surface area contributed by atoms with Gasteiger partial charge in [-0.05, 0) is 12.1 Å². The molecule has 0 saturated heterocycles. The van der Waals surface area contributed by atoms with Crippen LogP contribution in [-0.2, 0) is 0 Å². The normalized spacial score (nSPS) is 10.8. The number of ketones is 1. The van der Waals surface area contributed by atoms with E-state index in [9.17, 15) is 4.79 Å². The molecule has 0 aliphatic rings. The van der Waals surface area contributed by atoms with E-state index in [1.165, 1.54) is 18.4 Å². The van der Waals surface area contributed by atoms with Crippen LogP contribution in [0.1, 0.15) is 15.9 Å². The predicted molar refractivity (Wildman–Crippen MR) is 88.3 cm³/mol. The third-order valence-corrected chi connectivity index (χ3v) is 4.78. The molecule has 0 atom stereocenters. The lowest BCUT2D eigenvalue weighted by atomic mass is 10.0. The number of rotatable bonds is 3. The molecular formula is C16H10Cl2O2S. The second-order valence-corrected chi connectivity index (χ2v) is 6.17. The van der Waals surface area contributed by atoms with Crippen molar-refractivity contribution in [1.29, 1.82) is 0 Å². The van der Waals surface area contributed by atoms with E-state index in [0.717, 1.165) is 10.1 Å². The Morgan fingerprint density at radius 1 is 1.10 bits per heavy atom. The highest BCUT2D eigenvalue weighted by atomic mass is 35.5. The zero-order valence-corrected chi connectivity index (χ0v) is 13.4. The van der Waals surface area contributed by atoms with Crippen LogP contribution in [0.5, 0.6) is 5.75 Å². The molecule has 2 nitrogen and oxygen atoms in total. The smallest absolute Gasteiger partial charge is 0.196 e. The van der Waals surface area contributed by atoms with Gasteiger partial charge in [-0.15, -0.1) is 11.3 Å². The highest BCUT2D eigenvalue weighted by Crippen LogP contribution is 2.34. The Hall–Kier alpha value is -1.55. The first-order valence-electron chi connectivity index (χ1n) is 6.16. The summed E-state index contributed by atoms with van der Waals surface area (Å²) in [6, 6.07) is 10.9. The van der Waals surface area contributed by atoms with Crippen molar-refractivity contribution in [2.45, 2.75) is 0 Å². The third-order valence-electron chi connectivity index (χ3n) is 3.21. The van der Waals surface area contributed by atoms with Gasteiger partial charge in [-0.25, -0.2) is 0 Å². The van der Waals surface area contributed by atoms with Crippen LogP contribution in [0.15, 0.2) is 41.8 Å². The topological polar surface area (TPSA) is 26.3 Å². The lowest BCUT2D eigenvalue weighted by Gasteiger charge is -2.08. The second kappa shape index (κ2) is 5.68. The number of carbonyl (C=O) groups excluding carboxylic acids is 1. The zero-order chi connectivity index (χ0) is 15.0. The summed E-state index contributed by atoms with van der Waals surface area (Å²) < 4.78 is 6.16. The van der Waals surface area contributed by atoms with Gasteiger partial charge in [-0.2, -0.15) is 0 Å². The maximum absolute atomic E-state index is 12.7. The van der Waals surface area contributed by atoms with Crippen molar-refractivity contribution >= 4 is 50.4 Å². The van der Waals surface area contributed by atoms with E-state index in [2.05, 4.69) is 0 Å². The predicted octanol–water partition coefficient (Wildman–Crippen LogP) is 5.45. The maximum atomic E-state index is 12.7. The van der Waals surface area contributed by atoms with Gasteiger partial charge in [0, 0.05) is 32.7 Å². The fourth-order valence-corrected chi connectivity index (χ4v) is 3.58. The number of carbonyl (C=O) groups is 1. The van der Waals surface area contributed by atoms with E-state index in [-0.39, 0.29) is 5.78 Å². The van der Waals surface area contributed by atoms with Crippen molar-refractivity contribution < 1.29 is 9.53 Å². The van der Waals surface area contributed by atoms with Crippen molar-refractivity contribution in [3.8, 4) is 5.75 Å². The second-order valence-electron chi connectivity index (χ2n) is 4.44. The average Bonchev–Trinajstić information content (AvgIpc) is 2.92. The number of hydrogen-bond acceptors (Lipinski definition) is 3. The first-order chi connectivity index (χ1) is 10.1. The molecule has 1 heterocycles. The molecule has 2 aromatic carbocycles. The van der Waals surface area contributed by atoms with Crippen LogP contribution in [-0.4, -0.2) is 12.9 Å². The molecule has 0 spiro atoms. The Kier molecular flexibility index (Phi) is 3.89. The minimum Gasteiger partial charge on any atom is -0.495 e. The van der Waals surface area contributed by atoms with E-state index in [0.29, 0.717) is 26.9 Å². The molecule has 0 fully saturated rings. The van der Waals surface area contributed by atoms with Crippen LogP contribution in [0, 0.1) is 0 Å². The van der Waals surface area contributed by atoms with Crippen molar-refractivity contribution in [2.75, 3.05) is 7.11 Å². The van der Waals surface area contributed by atoms with E-state index in [1.54, 1.807) is 12.1 Å². The van der Waals surface area contributed by atoms with Gasteiger partial charge in [0.1, 0.15) is 5.75 Å². The van der Waals surface area contributed by atoms with Gasteiger partial charge in [-0.1, -0.05) is 41.4 Å². The van der Waals surface area contributed by atoms with Gasteiger partial charge in [0.05, 0.1) is 17.2 Å². The molecule has 5 heteroatoms. The van der Waals surface area contributed by atoms with Gasteiger partial charge in [0.25, 0.3) is 0 Å². The average molecular weight is 337 g/mol. The maximum Gasteiger partial charge on any atom is 0.196 e. The largest absolute Gasteiger partial charge is 0.495 e. The first kappa shape index (κ1) is 14.4. The molecule has 0 radical (unpaired) electrons. The summed E-state index contributed by atoms with van der Waals surface area (Å²) in [6.45, 7) is 0. The van der Waals surface area contributed by atoms with E-state index in [4.69, 9.17) is 27.9 Å². The highest BCUT2D eigenvalue weighted by Gasteiger charge is 2.19. The molecule has 3 aromatic rings. The van der Waals surface area contributed by atoms with Crippen molar-refractivity contribution in [2.24, 2.45) is 0 Å². The quantitative estimate of drug-likeness (QED) is 0.594. The molecule has 106 valence electrons. The van der Waals surface area contributed by atoms with Crippen LogP contribution in [0.4, 0.5) is 0 Å². The Morgan fingerprint density at radius 3 is 2.62 bits per heavy atom. The molecule has 1 aromatic heterocycles. The number of benzene rings is 2. The Balaban J connectivity index is 2.12. The summed E-state index contributed by atoms with van der Waals surface area (Å²) in [4.78, 5) is 12.7. The molecule has 0 N–H and O–H groups in total. The van der Waals surface area contributed by atoms with Crippen LogP contribution in [0.25, 0.3) is 10.1 Å². The zero-order valence-electron chi connectivity index (χ0n) is 11.0. The SMILES string of the molecule is COc1cc(Cl)c(C(=O)c2csc3ccccc23)cc1Cl. The lowest BCUT2D eigenvalue weighted by Crippen LogP contribution is -2.02. The fourth-order valence-electron chi connectivity index (χ4n) is 2.16. The number of hydrogen-bond donors (Lipinski definition) is 0. The first-order valence-corrected chi connectivity index (χ1v) is 7.79. The van der Waals surface area contributed by atoms with Gasteiger partial charge in [-0.3, -0.25) is 4.79 Å². The molecule has 0 saturated carbocycles. The van der Waals surface area contributed by atoms with Gasteiger partial charge in [0.2, 0.25) is 0 Å². The van der Waals surface area contributed by atoms with Crippen LogP contribution in [0.2, 0.25) is 10.0 Å². The van der Waals surface area contributed by atoms with Crippen LogP contribution in [0.3, 0.4) is 0 Å². The highest BCUT2D eigenvalue weighted by molar-refractivity contribution is 7.17. The van der Waals surface area contributed by atoms with Crippen molar-refractivity contribution in [3.05, 3.63) is 63.0 Å². The van der Waals surface area contributed by atoms with Gasteiger partial charge in [0.15, 0.2) is 5.78 Å². The molecule has 0 bridgehead atoms. The van der Waals surface area contributed by atoms with E-state index >= 15 is 0 Å². The Bertz CT molecular complexity index is 839. The van der Waals surface area contributed by atoms with Crippen LogP contribution < -0.4 is 4.74 Å². The number of methoxy groups -OCH3 is 1. The van der Waals surface area contributed by atoms with Gasteiger partial charge >= 0.3 is 0 Å². The van der Waals surface area contributed by atoms with Crippen LogP contribution >= 0.6 is 34.5 Å². The Morgan fingerprint density at radius 2 is 1.86 bits per heavy atom. The van der Waals surface area contributed by atoms with E-state index < -0.39 is 0 Å². The Labute approximate surface area is 135 Å². The number of fused-ring (bicyclic) bond motifs is 1. The van der Waals surface area contributed by atoms with Crippen molar-refractivity contribution in [1.82, 2.24) is 0 Å². The lowest BCUT2D eigenvalue weighted by molar-refractivity contribution is 0.104. The minimum absolute atomic E-state index is 0.137. The fraction of sp³-hybridized carbons (Fsp3) is 0.0625. The molecule has 0 unspecified atom stereocenters. The number of halogens is 2. The summed E-state index contributed by atoms with van der Waals surface area (Å²) in [5.74, 6) is 0.315. The molecule has 21 heavy (non-hydrogen) atoms. The minimum atomic E-state index is -0.137. The number of thiophene rings is 1. The summed E-state index contributed by atoms with van der Waals surface area (Å²) in [5.41, 5.74) is 1.02. The summed E-state index contributed by atoms with van der Waals surface area (Å²) in [6.07, 6.45) is 0. The summed E-state index contributed by atoms with van der Waals surface area (Å²) >= 11 is 13.8.